The molecule has 2 rings (SSSR count). The van der Waals surface area contributed by atoms with Crippen molar-refractivity contribution in [3.8, 4) is 0 Å². The molecule has 0 saturated carbocycles. The third-order valence-electron chi connectivity index (χ3n) is 4.43. The zero-order valence-electron chi connectivity index (χ0n) is 15.9. The Hall–Kier alpha value is -1.79. The van der Waals surface area contributed by atoms with Crippen LogP contribution in [0.25, 0.3) is 0 Å². The molecule has 0 radical (unpaired) electrons. The van der Waals surface area contributed by atoms with Crippen molar-refractivity contribution >= 4 is 58.0 Å². The van der Waals surface area contributed by atoms with Crippen LogP contribution in [0.2, 0.25) is 15.1 Å². The molecule has 0 aromatic heterocycles. The first kappa shape index (κ1) is 22.5. The van der Waals surface area contributed by atoms with Gasteiger partial charge in [0.1, 0.15) is 0 Å². The molecule has 0 fully saturated rings. The summed E-state index contributed by atoms with van der Waals surface area (Å²) >= 11 is 18.3. The maximum atomic E-state index is 12.7. The van der Waals surface area contributed by atoms with Gasteiger partial charge in [-0.2, -0.15) is 0 Å². The number of carbonyl (C=O) groups excluding carboxylic acids is 2. The Kier molecular flexibility index (Phi) is 8.13. The quantitative estimate of drug-likeness (QED) is 0.616. The van der Waals surface area contributed by atoms with Crippen molar-refractivity contribution < 1.29 is 9.59 Å². The summed E-state index contributed by atoms with van der Waals surface area (Å²) in [6.45, 7) is 5.98. The number of anilines is 2. The van der Waals surface area contributed by atoms with Crippen LogP contribution >= 0.6 is 34.8 Å². The average molecular weight is 443 g/mol. The summed E-state index contributed by atoms with van der Waals surface area (Å²) < 4.78 is 0. The summed E-state index contributed by atoms with van der Waals surface area (Å²) in [4.78, 5) is 26.9. The summed E-state index contributed by atoms with van der Waals surface area (Å²) in [5.74, 6) is -0.536. The van der Waals surface area contributed by atoms with Crippen LogP contribution in [-0.2, 0) is 9.59 Å². The number of carbonyl (C=O) groups is 2. The minimum Gasteiger partial charge on any atom is -0.324 e. The molecule has 150 valence electrons. The Morgan fingerprint density at radius 1 is 1.00 bits per heavy atom. The van der Waals surface area contributed by atoms with Gasteiger partial charge in [0.15, 0.2) is 0 Å². The van der Waals surface area contributed by atoms with Gasteiger partial charge in [-0.05, 0) is 50.2 Å². The van der Waals surface area contributed by atoms with Crippen molar-refractivity contribution in [2.45, 2.75) is 26.8 Å². The molecule has 0 bridgehead atoms. The summed E-state index contributed by atoms with van der Waals surface area (Å²) in [5.41, 5.74) is 1.80. The Balaban J connectivity index is 2.04. The number of halogens is 3. The van der Waals surface area contributed by atoms with Crippen LogP contribution in [-0.4, -0.2) is 35.8 Å². The number of likely N-dealkylation sites (N-methyl/N-ethyl adjacent to an activating group) is 1. The van der Waals surface area contributed by atoms with Crippen LogP contribution in [0.1, 0.15) is 19.4 Å². The van der Waals surface area contributed by atoms with Crippen molar-refractivity contribution in [3.05, 3.63) is 57.0 Å². The summed E-state index contributed by atoms with van der Waals surface area (Å²) in [5, 5.41) is 6.86. The number of hydrogen-bond donors (Lipinski definition) is 2. The van der Waals surface area contributed by atoms with E-state index in [1.165, 1.54) is 0 Å². The highest BCUT2D eigenvalue weighted by molar-refractivity contribution is 6.39. The van der Waals surface area contributed by atoms with Crippen LogP contribution in [0, 0.1) is 6.92 Å². The molecule has 2 aromatic rings. The number of nitrogens with one attached hydrogen (secondary N) is 2. The van der Waals surface area contributed by atoms with Crippen molar-refractivity contribution in [3.63, 3.8) is 0 Å². The van der Waals surface area contributed by atoms with Gasteiger partial charge in [0.05, 0.1) is 28.3 Å². The molecule has 0 aliphatic heterocycles. The second kappa shape index (κ2) is 10.1. The molecule has 0 heterocycles. The average Bonchev–Trinajstić information content (AvgIpc) is 2.66. The lowest BCUT2D eigenvalue weighted by Gasteiger charge is -2.26. The first-order chi connectivity index (χ1) is 13.2. The highest BCUT2D eigenvalue weighted by Crippen LogP contribution is 2.29. The lowest BCUT2D eigenvalue weighted by molar-refractivity contribution is -0.123. The van der Waals surface area contributed by atoms with Crippen molar-refractivity contribution in [2.75, 3.05) is 23.7 Å². The van der Waals surface area contributed by atoms with E-state index in [1.807, 2.05) is 13.8 Å². The molecule has 0 spiro atoms. The largest absolute Gasteiger partial charge is 0.324 e. The lowest BCUT2D eigenvalue weighted by atomic mass is 10.2. The first-order valence-corrected chi connectivity index (χ1v) is 9.91. The number of rotatable bonds is 7. The molecule has 0 aliphatic carbocycles. The van der Waals surface area contributed by atoms with Crippen LogP contribution < -0.4 is 10.6 Å². The third-order valence-corrected chi connectivity index (χ3v) is 5.47. The molecular weight excluding hydrogens is 421 g/mol. The smallest absolute Gasteiger partial charge is 0.241 e. The van der Waals surface area contributed by atoms with Gasteiger partial charge in [-0.3, -0.25) is 14.5 Å². The van der Waals surface area contributed by atoms with E-state index >= 15 is 0 Å². The van der Waals surface area contributed by atoms with Crippen LogP contribution in [0.5, 0.6) is 0 Å². The zero-order chi connectivity index (χ0) is 20.8. The Morgan fingerprint density at radius 2 is 1.57 bits per heavy atom. The monoisotopic (exact) mass is 441 g/mol. The van der Waals surface area contributed by atoms with Crippen LogP contribution in [0.3, 0.4) is 0 Å². The third kappa shape index (κ3) is 5.61. The maximum Gasteiger partial charge on any atom is 0.241 e. The fourth-order valence-electron chi connectivity index (χ4n) is 2.65. The molecular formula is C20H22Cl3N3O2. The number of para-hydroxylation sites is 1. The van der Waals surface area contributed by atoms with Gasteiger partial charge >= 0.3 is 0 Å². The second-order valence-electron chi connectivity index (χ2n) is 6.29. The highest BCUT2D eigenvalue weighted by Gasteiger charge is 2.23. The molecule has 2 aromatic carbocycles. The molecule has 28 heavy (non-hydrogen) atoms. The lowest BCUT2D eigenvalue weighted by Crippen LogP contribution is -2.45. The normalized spacial score (nSPS) is 12.0. The predicted octanol–water partition coefficient (Wildman–Crippen LogP) is 5.24. The number of amides is 2. The van der Waals surface area contributed by atoms with Crippen molar-refractivity contribution in [1.82, 2.24) is 4.90 Å². The molecule has 0 saturated heterocycles. The number of hydrogen-bond acceptors (Lipinski definition) is 3. The molecule has 1 unspecified atom stereocenters. The Labute approximate surface area is 180 Å². The van der Waals surface area contributed by atoms with Crippen LogP contribution in [0.15, 0.2) is 36.4 Å². The van der Waals surface area contributed by atoms with E-state index in [2.05, 4.69) is 10.6 Å². The Bertz CT molecular complexity index is 854. The van der Waals surface area contributed by atoms with Gasteiger partial charge in [-0.25, -0.2) is 0 Å². The zero-order valence-corrected chi connectivity index (χ0v) is 18.1. The number of benzene rings is 2. The molecule has 2 amide bonds. The van der Waals surface area contributed by atoms with E-state index < -0.39 is 6.04 Å². The fourth-order valence-corrected chi connectivity index (χ4v) is 3.32. The maximum absolute atomic E-state index is 12.7. The van der Waals surface area contributed by atoms with E-state index in [0.717, 1.165) is 5.56 Å². The van der Waals surface area contributed by atoms with Gasteiger partial charge < -0.3 is 10.6 Å². The molecule has 1 atom stereocenters. The standard InChI is InChI=1S/C20H22Cl3N3O2/c1-4-26(11-18(27)25-19-15(22)8-5-9-16(19)23)13(3)20(28)24-17-10-6-7-14(21)12(17)2/h5-10,13H,4,11H2,1-3H3,(H,24,28)(H,25,27). The van der Waals surface area contributed by atoms with Gasteiger partial charge in [0.2, 0.25) is 11.8 Å². The van der Waals surface area contributed by atoms with E-state index in [4.69, 9.17) is 34.8 Å². The molecule has 2 N–H and O–H groups in total. The van der Waals surface area contributed by atoms with Gasteiger partial charge in [-0.1, -0.05) is 53.9 Å². The topological polar surface area (TPSA) is 61.4 Å². The minimum atomic E-state index is -0.532. The second-order valence-corrected chi connectivity index (χ2v) is 7.51. The highest BCUT2D eigenvalue weighted by atomic mass is 35.5. The predicted molar refractivity (Wildman–Crippen MR) is 117 cm³/mol. The minimum absolute atomic E-state index is 0.0150. The van der Waals surface area contributed by atoms with E-state index in [-0.39, 0.29) is 18.4 Å². The van der Waals surface area contributed by atoms with E-state index in [1.54, 1.807) is 48.2 Å². The summed E-state index contributed by atoms with van der Waals surface area (Å²) in [6.07, 6.45) is 0. The SMILES string of the molecule is CCN(CC(=O)Nc1c(Cl)cccc1Cl)C(C)C(=O)Nc1cccc(Cl)c1C. The van der Waals surface area contributed by atoms with E-state index in [9.17, 15) is 9.59 Å². The van der Waals surface area contributed by atoms with Crippen molar-refractivity contribution in [2.24, 2.45) is 0 Å². The Morgan fingerprint density at radius 3 is 2.18 bits per heavy atom. The van der Waals surface area contributed by atoms with Crippen molar-refractivity contribution in [1.29, 1.82) is 0 Å². The van der Waals surface area contributed by atoms with E-state index in [0.29, 0.717) is 33.0 Å². The fraction of sp³-hybridized carbons (Fsp3) is 0.300. The number of nitrogens with zero attached hydrogens (tertiary/aromatic N) is 1. The van der Waals surface area contributed by atoms with Gasteiger partial charge in [0.25, 0.3) is 0 Å². The van der Waals surface area contributed by atoms with Gasteiger partial charge in [-0.15, -0.1) is 0 Å². The first-order valence-electron chi connectivity index (χ1n) is 8.78. The van der Waals surface area contributed by atoms with Crippen LogP contribution in [0.4, 0.5) is 11.4 Å². The molecule has 8 heteroatoms. The summed E-state index contributed by atoms with van der Waals surface area (Å²) in [6, 6.07) is 9.77. The molecule has 5 nitrogen and oxygen atoms in total. The molecule has 0 aliphatic rings. The van der Waals surface area contributed by atoms with Gasteiger partial charge in [0, 0.05) is 10.7 Å². The summed E-state index contributed by atoms with van der Waals surface area (Å²) in [7, 11) is 0.